The summed E-state index contributed by atoms with van der Waals surface area (Å²) >= 11 is 3.41. The van der Waals surface area contributed by atoms with E-state index >= 15 is 0 Å². The van der Waals surface area contributed by atoms with Crippen LogP contribution in [0, 0.1) is 6.92 Å². The number of hydrogen-bond acceptors (Lipinski definition) is 3. The van der Waals surface area contributed by atoms with Gasteiger partial charge in [-0.2, -0.15) is 0 Å². The van der Waals surface area contributed by atoms with Crippen LogP contribution in [-0.4, -0.2) is 11.6 Å². The fraction of sp³-hybridized carbons (Fsp3) is 0.214. The van der Waals surface area contributed by atoms with Gasteiger partial charge in [0.1, 0.15) is 0 Å². The van der Waals surface area contributed by atoms with E-state index < -0.39 is 0 Å². The van der Waals surface area contributed by atoms with Crippen molar-refractivity contribution in [3.8, 4) is 17.4 Å². The maximum Gasteiger partial charge on any atom is 0.219 e. The molecule has 1 aromatic heterocycles. The largest absolute Gasteiger partial charge is 0.490 e. The summed E-state index contributed by atoms with van der Waals surface area (Å²) in [5.41, 5.74) is 0.890. The molecule has 3 nitrogen and oxygen atoms in total. The molecule has 0 saturated heterocycles. The van der Waals surface area contributed by atoms with Crippen molar-refractivity contribution < 1.29 is 9.47 Å². The second-order valence-corrected chi connectivity index (χ2v) is 4.55. The van der Waals surface area contributed by atoms with Crippen LogP contribution in [0.15, 0.2) is 40.9 Å². The smallest absolute Gasteiger partial charge is 0.219 e. The molecule has 18 heavy (non-hydrogen) atoms. The number of aryl methyl sites for hydroxylation is 1. The molecule has 94 valence electrons. The Labute approximate surface area is 115 Å². The maximum absolute atomic E-state index is 5.74. The number of benzene rings is 1. The molecule has 0 aliphatic heterocycles. The highest BCUT2D eigenvalue weighted by atomic mass is 79.9. The zero-order chi connectivity index (χ0) is 13.0. The summed E-state index contributed by atoms with van der Waals surface area (Å²) in [4.78, 5) is 4.34. The van der Waals surface area contributed by atoms with Crippen molar-refractivity contribution in [3.63, 3.8) is 0 Å². The zero-order valence-electron chi connectivity index (χ0n) is 10.3. The lowest BCUT2D eigenvalue weighted by Gasteiger charge is -2.11. The van der Waals surface area contributed by atoms with E-state index in [2.05, 4.69) is 20.9 Å². The number of aromatic nitrogens is 1. The average molecular weight is 308 g/mol. The minimum Gasteiger partial charge on any atom is -0.490 e. The normalized spacial score (nSPS) is 10.2. The van der Waals surface area contributed by atoms with Crippen LogP contribution < -0.4 is 9.47 Å². The quantitative estimate of drug-likeness (QED) is 0.842. The fourth-order valence-corrected chi connectivity index (χ4v) is 1.72. The molecule has 0 saturated carbocycles. The average Bonchev–Trinajstić information content (AvgIpc) is 2.37. The second kappa shape index (κ2) is 5.87. The Hall–Kier alpha value is -1.55. The number of halogens is 1. The topological polar surface area (TPSA) is 31.4 Å². The maximum atomic E-state index is 5.74. The van der Waals surface area contributed by atoms with Crippen molar-refractivity contribution in [2.75, 3.05) is 6.61 Å². The molecular weight excluding hydrogens is 294 g/mol. The third-order valence-corrected chi connectivity index (χ3v) is 3.20. The molecule has 0 amide bonds. The van der Waals surface area contributed by atoms with Crippen molar-refractivity contribution in [1.82, 2.24) is 4.98 Å². The lowest BCUT2D eigenvalue weighted by Crippen LogP contribution is -1.96. The van der Waals surface area contributed by atoms with Crippen LogP contribution in [-0.2, 0) is 0 Å². The van der Waals surface area contributed by atoms with Crippen LogP contribution >= 0.6 is 15.9 Å². The Kier molecular flexibility index (Phi) is 4.20. The van der Waals surface area contributed by atoms with Crippen molar-refractivity contribution in [3.05, 3.63) is 46.6 Å². The van der Waals surface area contributed by atoms with E-state index in [1.807, 2.05) is 50.2 Å². The molecule has 0 bridgehead atoms. The van der Waals surface area contributed by atoms with Gasteiger partial charge < -0.3 is 9.47 Å². The van der Waals surface area contributed by atoms with Crippen LogP contribution in [0.1, 0.15) is 12.6 Å². The van der Waals surface area contributed by atoms with Crippen molar-refractivity contribution in [2.45, 2.75) is 13.8 Å². The summed E-state index contributed by atoms with van der Waals surface area (Å²) < 4.78 is 12.2. The predicted octanol–water partition coefficient (Wildman–Crippen LogP) is 4.34. The predicted molar refractivity (Wildman–Crippen MR) is 74.4 cm³/mol. The van der Waals surface area contributed by atoms with E-state index in [1.165, 1.54) is 0 Å². The van der Waals surface area contributed by atoms with Crippen LogP contribution in [0.25, 0.3) is 0 Å². The molecular formula is C14H14BrNO2. The van der Waals surface area contributed by atoms with Gasteiger partial charge in [-0.15, -0.1) is 0 Å². The number of para-hydroxylation sites is 2. The summed E-state index contributed by atoms with van der Waals surface area (Å²) in [7, 11) is 0. The number of rotatable bonds is 4. The Balaban J connectivity index is 2.25. The van der Waals surface area contributed by atoms with Crippen molar-refractivity contribution >= 4 is 15.9 Å². The van der Waals surface area contributed by atoms with Gasteiger partial charge >= 0.3 is 0 Å². The molecule has 0 spiro atoms. The Morgan fingerprint density at radius 2 is 1.83 bits per heavy atom. The first-order valence-corrected chi connectivity index (χ1v) is 6.53. The fourth-order valence-electron chi connectivity index (χ4n) is 1.50. The summed E-state index contributed by atoms with van der Waals surface area (Å²) in [6.07, 6.45) is 0. The Bertz CT molecular complexity index is 543. The van der Waals surface area contributed by atoms with Crippen LogP contribution in [0.3, 0.4) is 0 Å². The van der Waals surface area contributed by atoms with Crippen molar-refractivity contribution in [1.29, 1.82) is 0 Å². The molecule has 2 rings (SSSR count). The Morgan fingerprint density at radius 3 is 2.50 bits per heavy atom. The van der Waals surface area contributed by atoms with Gasteiger partial charge in [-0.3, -0.25) is 0 Å². The lowest BCUT2D eigenvalue weighted by molar-refractivity contribution is 0.319. The molecule has 0 aliphatic rings. The number of hydrogen-bond donors (Lipinski definition) is 0. The number of ether oxygens (including phenoxy) is 2. The summed E-state index contributed by atoms with van der Waals surface area (Å²) in [6.45, 7) is 4.47. The van der Waals surface area contributed by atoms with Crippen molar-refractivity contribution in [2.24, 2.45) is 0 Å². The van der Waals surface area contributed by atoms with E-state index in [0.717, 1.165) is 15.9 Å². The standard InChI is InChI=1S/C14H14BrNO2/c1-3-17-12-6-4-5-7-13(12)18-14-9-8-11(15)10(2)16-14/h4-9H,3H2,1-2H3. The molecule has 4 heteroatoms. The lowest BCUT2D eigenvalue weighted by atomic mass is 10.3. The van der Waals surface area contributed by atoms with E-state index in [1.54, 1.807) is 0 Å². The highest BCUT2D eigenvalue weighted by Gasteiger charge is 2.06. The van der Waals surface area contributed by atoms with Gasteiger partial charge in [-0.05, 0) is 48.0 Å². The summed E-state index contributed by atoms with van der Waals surface area (Å²) in [5, 5.41) is 0. The molecule has 0 atom stereocenters. The minimum absolute atomic E-state index is 0.558. The van der Waals surface area contributed by atoms with Gasteiger partial charge in [0.05, 0.1) is 12.3 Å². The minimum atomic E-state index is 0.558. The summed E-state index contributed by atoms with van der Waals surface area (Å²) in [6, 6.07) is 11.3. The van der Waals surface area contributed by atoms with Gasteiger partial charge in [0.25, 0.3) is 0 Å². The SMILES string of the molecule is CCOc1ccccc1Oc1ccc(Br)c(C)n1. The first-order valence-electron chi connectivity index (χ1n) is 5.73. The van der Waals surface area contributed by atoms with Gasteiger partial charge in [0.15, 0.2) is 11.5 Å². The van der Waals surface area contributed by atoms with E-state index in [4.69, 9.17) is 9.47 Å². The van der Waals surface area contributed by atoms with Gasteiger partial charge in [-0.1, -0.05) is 12.1 Å². The first kappa shape index (κ1) is 12.9. The van der Waals surface area contributed by atoms with Crippen LogP contribution in [0.4, 0.5) is 0 Å². The molecule has 1 aromatic carbocycles. The van der Waals surface area contributed by atoms with Gasteiger partial charge in [0.2, 0.25) is 5.88 Å². The zero-order valence-corrected chi connectivity index (χ0v) is 11.9. The highest BCUT2D eigenvalue weighted by Crippen LogP contribution is 2.31. The van der Waals surface area contributed by atoms with E-state index in [9.17, 15) is 0 Å². The van der Waals surface area contributed by atoms with E-state index in [0.29, 0.717) is 18.2 Å². The molecule has 0 aliphatic carbocycles. The highest BCUT2D eigenvalue weighted by molar-refractivity contribution is 9.10. The molecule has 0 fully saturated rings. The molecule has 1 heterocycles. The molecule has 0 unspecified atom stereocenters. The van der Waals surface area contributed by atoms with Gasteiger partial charge in [0, 0.05) is 10.5 Å². The number of pyridine rings is 1. The van der Waals surface area contributed by atoms with Crippen LogP contribution in [0.5, 0.6) is 17.4 Å². The third-order valence-electron chi connectivity index (χ3n) is 2.36. The first-order chi connectivity index (χ1) is 8.70. The number of nitrogens with zero attached hydrogens (tertiary/aromatic N) is 1. The molecule has 0 radical (unpaired) electrons. The molecule has 2 aromatic rings. The van der Waals surface area contributed by atoms with E-state index in [-0.39, 0.29) is 0 Å². The Morgan fingerprint density at radius 1 is 1.11 bits per heavy atom. The monoisotopic (exact) mass is 307 g/mol. The molecule has 0 N–H and O–H groups in total. The summed E-state index contributed by atoms with van der Waals surface area (Å²) in [5.74, 6) is 1.96. The third kappa shape index (κ3) is 3.01. The van der Waals surface area contributed by atoms with Gasteiger partial charge in [-0.25, -0.2) is 4.98 Å². The van der Waals surface area contributed by atoms with Crippen LogP contribution in [0.2, 0.25) is 0 Å². The second-order valence-electron chi connectivity index (χ2n) is 3.70.